The number of esters is 1. The number of rotatable bonds is 6. The standard InChI is InChI=1S/C20H21NO7/c1-21(11-13-3-6-17-18(9-13)27-8-7-26-17)19(23)12-28-20(24)15-10-14(25-2)4-5-16(15)22/h3-6,9-10,22H,7-8,11-12H2,1-2H3. The molecule has 2 aromatic carbocycles. The van der Waals surface area contributed by atoms with Crippen molar-refractivity contribution >= 4 is 11.9 Å². The van der Waals surface area contributed by atoms with E-state index in [4.69, 9.17) is 18.9 Å². The van der Waals surface area contributed by atoms with E-state index in [1.807, 2.05) is 12.1 Å². The van der Waals surface area contributed by atoms with Gasteiger partial charge in [0.15, 0.2) is 18.1 Å². The van der Waals surface area contributed by atoms with E-state index in [2.05, 4.69) is 0 Å². The number of ether oxygens (including phenoxy) is 4. The van der Waals surface area contributed by atoms with Gasteiger partial charge in [0.05, 0.1) is 7.11 Å². The van der Waals surface area contributed by atoms with Gasteiger partial charge in [-0.3, -0.25) is 4.79 Å². The molecule has 1 N–H and O–H groups in total. The summed E-state index contributed by atoms with van der Waals surface area (Å²) < 4.78 is 21.0. The predicted octanol–water partition coefficient (Wildman–Crippen LogP) is 1.99. The highest BCUT2D eigenvalue weighted by Crippen LogP contribution is 2.31. The first kappa shape index (κ1) is 19.3. The Morgan fingerprint density at radius 3 is 2.61 bits per heavy atom. The minimum atomic E-state index is -0.808. The number of likely N-dealkylation sites (N-methyl/N-ethyl adjacent to an activating group) is 1. The zero-order valence-electron chi connectivity index (χ0n) is 15.6. The van der Waals surface area contributed by atoms with Crippen LogP contribution in [0.3, 0.4) is 0 Å². The fourth-order valence-corrected chi connectivity index (χ4v) is 2.67. The maximum atomic E-state index is 12.3. The number of benzene rings is 2. The number of hydrogen-bond donors (Lipinski definition) is 1. The molecule has 2 aromatic rings. The minimum absolute atomic E-state index is 0.0679. The highest BCUT2D eigenvalue weighted by molar-refractivity contribution is 5.94. The van der Waals surface area contributed by atoms with E-state index < -0.39 is 12.6 Å². The van der Waals surface area contributed by atoms with Gasteiger partial charge in [-0.15, -0.1) is 0 Å². The van der Waals surface area contributed by atoms with Crippen molar-refractivity contribution in [3.63, 3.8) is 0 Å². The van der Waals surface area contributed by atoms with Gasteiger partial charge in [-0.25, -0.2) is 4.79 Å². The molecule has 3 rings (SSSR count). The molecule has 1 amide bonds. The van der Waals surface area contributed by atoms with Gasteiger partial charge in [0.2, 0.25) is 0 Å². The number of phenolic OH excluding ortho intramolecular Hbond substituents is 1. The number of hydrogen-bond acceptors (Lipinski definition) is 7. The van der Waals surface area contributed by atoms with Crippen molar-refractivity contribution in [2.45, 2.75) is 6.54 Å². The molecular weight excluding hydrogens is 366 g/mol. The van der Waals surface area contributed by atoms with Crippen LogP contribution in [0.5, 0.6) is 23.0 Å². The van der Waals surface area contributed by atoms with E-state index in [-0.39, 0.29) is 17.2 Å². The Bertz CT molecular complexity index is 881. The van der Waals surface area contributed by atoms with Crippen LogP contribution in [0, 0.1) is 0 Å². The van der Waals surface area contributed by atoms with Crippen LogP contribution < -0.4 is 14.2 Å². The number of phenols is 1. The van der Waals surface area contributed by atoms with Gasteiger partial charge in [0.1, 0.15) is 30.3 Å². The van der Waals surface area contributed by atoms with Crippen molar-refractivity contribution in [3.05, 3.63) is 47.5 Å². The Labute approximate surface area is 162 Å². The average molecular weight is 387 g/mol. The molecule has 1 aliphatic rings. The molecule has 0 spiro atoms. The highest BCUT2D eigenvalue weighted by Gasteiger charge is 2.18. The summed E-state index contributed by atoms with van der Waals surface area (Å²) in [6.07, 6.45) is 0. The molecule has 0 fully saturated rings. The molecule has 148 valence electrons. The molecule has 28 heavy (non-hydrogen) atoms. The van der Waals surface area contributed by atoms with Gasteiger partial charge >= 0.3 is 5.97 Å². The second kappa shape index (κ2) is 8.51. The normalized spacial score (nSPS) is 12.2. The second-order valence-electron chi connectivity index (χ2n) is 6.19. The van der Waals surface area contributed by atoms with Crippen LogP contribution in [0.1, 0.15) is 15.9 Å². The van der Waals surface area contributed by atoms with Crippen molar-refractivity contribution in [1.82, 2.24) is 4.90 Å². The lowest BCUT2D eigenvalue weighted by molar-refractivity contribution is -0.133. The quantitative estimate of drug-likeness (QED) is 0.758. The van der Waals surface area contributed by atoms with Crippen LogP contribution in [0.25, 0.3) is 0 Å². The molecule has 1 heterocycles. The third-order valence-electron chi connectivity index (χ3n) is 4.20. The number of amides is 1. The summed E-state index contributed by atoms with van der Waals surface area (Å²) in [5.41, 5.74) is 0.790. The zero-order valence-corrected chi connectivity index (χ0v) is 15.6. The first-order valence-corrected chi connectivity index (χ1v) is 8.64. The maximum Gasteiger partial charge on any atom is 0.342 e. The molecule has 1 aliphatic heterocycles. The van der Waals surface area contributed by atoms with Gasteiger partial charge in [0.25, 0.3) is 5.91 Å². The lowest BCUT2D eigenvalue weighted by Crippen LogP contribution is -2.31. The topological polar surface area (TPSA) is 94.5 Å². The van der Waals surface area contributed by atoms with Gasteiger partial charge in [-0.2, -0.15) is 0 Å². The lowest BCUT2D eigenvalue weighted by Gasteiger charge is -2.21. The van der Waals surface area contributed by atoms with Crippen molar-refractivity contribution in [2.24, 2.45) is 0 Å². The van der Waals surface area contributed by atoms with E-state index in [9.17, 15) is 14.7 Å². The van der Waals surface area contributed by atoms with Crippen molar-refractivity contribution in [3.8, 4) is 23.0 Å². The fourth-order valence-electron chi connectivity index (χ4n) is 2.67. The van der Waals surface area contributed by atoms with Crippen LogP contribution in [-0.2, 0) is 16.1 Å². The molecule has 0 atom stereocenters. The summed E-state index contributed by atoms with van der Waals surface area (Å²) in [4.78, 5) is 25.9. The highest BCUT2D eigenvalue weighted by atomic mass is 16.6. The Kier molecular flexibility index (Phi) is 5.88. The fraction of sp³-hybridized carbons (Fsp3) is 0.300. The monoisotopic (exact) mass is 387 g/mol. The molecule has 0 saturated carbocycles. The number of methoxy groups -OCH3 is 1. The largest absolute Gasteiger partial charge is 0.507 e. The third-order valence-corrected chi connectivity index (χ3v) is 4.20. The van der Waals surface area contributed by atoms with E-state index in [0.29, 0.717) is 37.0 Å². The second-order valence-corrected chi connectivity index (χ2v) is 6.19. The summed E-state index contributed by atoms with van der Waals surface area (Å²) in [7, 11) is 3.05. The van der Waals surface area contributed by atoms with Crippen LogP contribution in [0.15, 0.2) is 36.4 Å². The van der Waals surface area contributed by atoms with Gasteiger partial charge in [-0.1, -0.05) is 6.07 Å². The van der Waals surface area contributed by atoms with Crippen molar-refractivity contribution in [1.29, 1.82) is 0 Å². The van der Waals surface area contributed by atoms with Crippen molar-refractivity contribution < 1.29 is 33.6 Å². The lowest BCUT2D eigenvalue weighted by atomic mass is 10.2. The Morgan fingerprint density at radius 1 is 1.11 bits per heavy atom. The first-order valence-electron chi connectivity index (χ1n) is 8.64. The Morgan fingerprint density at radius 2 is 1.86 bits per heavy atom. The number of nitrogens with zero attached hydrogens (tertiary/aromatic N) is 1. The molecule has 0 aromatic heterocycles. The number of carbonyl (C=O) groups is 2. The van der Waals surface area contributed by atoms with Gasteiger partial charge in [0, 0.05) is 13.6 Å². The molecule has 0 bridgehead atoms. The van der Waals surface area contributed by atoms with Crippen LogP contribution in [-0.4, -0.2) is 55.9 Å². The molecular formula is C20H21NO7. The summed E-state index contributed by atoms with van der Waals surface area (Å²) in [5.74, 6) is 0.276. The summed E-state index contributed by atoms with van der Waals surface area (Å²) in [6, 6.07) is 9.65. The van der Waals surface area contributed by atoms with E-state index in [1.165, 1.54) is 30.2 Å². The number of aromatic hydroxyl groups is 1. The maximum absolute atomic E-state index is 12.3. The molecule has 0 radical (unpaired) electrons. The van der Waals surface area contributed by atoms with Crippen LogP contribution in [0.2, 0.25) is 0 Å². The minimum Gasteiger partial charge on any atom is -0.507 e. The number of carbonyl (C=O) groups excluding carboxylic acids is 2. The molecule has 8 nitrogen and oxygen atoms in total. The Hall–Kier alpha value is -3.42. The molecule has 8 heteroatoms. The first-order chi connectivity index (χ1) is 13.5. The third kappa shape index (κ3) is 4.46. The molecule has 0 unspecified atom stereocenters. The predicted molar refractivity (Wildman–Crippen MR) is 98.8 cm³/mol. The van der Waals surface area contributed by atoms with E-state index in [1.54, 1.807) is 13.1 Å². The summed E-state index contributed by atoms with van der Waals surface area (Å²) in [5, 5.41) is 9.79. The van der Waals surface area contributed by atoms with Crippen LogP contribution >= 0.6 is 0 Å². The number of fused-ring (bicyclic) bond motifs is 1. The van der Waals surface area contributed by atoms with Crippen molar-refractivity contribution in [2.75, 3.05) is 34.0 Å². The molecule has 0 saturated heterocycles. The SMILES string of the molecule is COc1ccc(O)c(C(=O)OCC(=O)N(C)Cc2ccc3c(c2)OCCO3)c1. The van der Waals surface area contributed by atoms with Crippen LogP contribution in [0.4, 0.5) is 0 Å². The Balaban J connectivity index is 1.56. The smallest absolute Gasteiger partial charge is 0.342 e. The van der Waals surface area contributed by atoms with E-state index >= 15 is 0 Å². The van der Waals surface area contributed by atoms with E-state index in [0.717, 1.165) is 5.56 Å². The molecule has 0 aliphatic carbocycles. The summed E-state index contributed by atoms with van der Waals surface area (Å²) >= 11 is 0. The average Bonchev–Trinajstić information content (AvgIpc) is 2.72. The summed E-state index contributed by atoms with van der Waals surface area (Å²) in [6.45, 7) is 0.866. The van der Waals surface area contributed by atoms with Gasteiger partial charge in [-0.05, 0) is 35.9 Å². The zero-order chi connectivity index (χ0) is 20.1. The van der Waals surface area contributed by atoms with Gasteiger partial charge < -0.3 is 29.0 Å².